The Kier molecular flexibility index (Phi) is 6.36. The second-order valence-electron chi connectivity index (χ2n) is 4.76. The molecule has 0 aliphatic rings. The number of carbonyl (C=O) groups excluding carboxylic acids is 1. The molecule has 0 saturated heterocycles. The molecule has 1 aromatic rings. The van der Waals surface area contributed by atoms with Crippen LogP contribution in [0.5, 0.6) is 5.75 Å². The van der Waals surface area contributed by atoms with E-state index in [4.69, 9.17) is 10.5 Å². The number of amides is 1. The van der Waals surface area contributed by atoms with Crippen molar-refractivity contribution in [1.82, 2.24) is 4.90 Å². The van der Waals surface area contributed by atoms with Crippen molar-refractivity contribution < 1.29 is 9.53 Å². The van der Waals surface area contributed by atoms with Crippen LogP contribution in [0, 0.1) is 0 Å². The Labute approximate surface area is 115 Å². The van der Waals surface area contributed by atoms with Gasteiger partial charge in [0.25, 0.3) is 0 Å². The highest BCUT2D eigenvalue weighted by Gasteiger charge is 2.16. The normalized spacial score (nSPS) is 12.0. The summed E-state index contributed by atoms with van der Waals surface area (Å²) in [6, 6.07) is 8.05. The molecule has 1 unspecified atom stereocenters. The third-order valence-corrected chi connectivity index (χ3v) is 3.36. The van der Waals surface area contributed by atoms with Crippen LogP contribution < -0.4 is 10.5 Å². The quantitative estimate of drug-likeness (QED) is 0.817. The topological polar surface area (TPSA) is 55.6 Å². The summed E-state index contributed by atoms with van der Waals surface area (Å²) in [5, 5.41) is 0. The van der Waals surface area contributed by atoms with Crippen molar-refractivity contribution in [2.75, 3.05) is 20.7 Å². The number of rotatable bonds is 7. The smallest absolute Gasteiger partial charge is 0.222 e. The first-order valence-corrected chi connectivity index (χ1v) is 6.67. The third-order valence-electron chi connectivity index (χ3n) is 3.36. The van der Waals surface area contributed by atoms with E-state index in [1.807, 2.05) is 38.2 Å². The fourth-order valence-electron chi connectivity index (χ4n) is 2.00. The summed E-state index contributed by atoms with van der Waals surface area (Å²) in [4.78, 5) is 13.7. The zero-order valence-electron chi connectivity index (χ0n) is 12.1. The molecule has 0 fully saturated rings. The number of likely N-dealkylation sites (N-methyl/N-ethyl adjacent to an activating group) is 1. The Morgan fingerprint density at radius 1 is 1.42 bits per heavy atom. The summed E-state index contributed by atoms with van der Waals surface area (Å²) >= 11 is 0. The van der Waals surface area contributed by atoms with Gasteiger partial charge in [-0.1, -0.05) is 18.2 Å². The van der Waals surface area contributed by atoms with Crippen LogP contribution in [0.2, 0.25) is 0 Å². The summed E-state index contributed by atoms with van der Waals surface area (Å²) in [5.74, 6) is 1.02. The predicted molar refractivity (Wildman–Crippen MR) is 77.2 cm³/mol. The van der Waals surface area contributed by atoms with Crippen molar-refractivity contribution in [2.24, 2.45) is 5.73 Å². The van der Waals surface area contributed by atoms with Gasteiger partial charge in [0.2, 0.25) is 5.91 Å². The Hall–Kier alpha value is -1.55. The number of para-hydroxylation sites is 1. The number of ether oxygens (including phenoxy) is 1. The lowest BCUT2D eigenvalue weighted by Gasteiger charge is -2.25. The number of hydrogen-bond acceptors (Lipinski definition) is 3. The minimum absolute atomic E-state index is 0.140. The molecule has 0 spiro atoms. The first-order valence-electron chi connectivity index (χ1n) is 6.67. The van der Waals surface area contributed by atoms with Crippen LogP contribution in [-0.4, -0.2) is 37.6 Å². The molecule has 0 bridgehead atoms. The fourth-order valence-corrected chi connectivity index (χ4v) is 2.00. The van der Waals surface area contributed by atoms with Crippen molar-refractivity contribution >= 4 is 5.91 Å². The van der Waals surface area contributed by atoms with Crippen molar-refractivity contribution in [3.8, 4) is 5.75 Å². The summed E-state index contributed by atoms with van der Waals surface area (Å²) < 4.78 is 5.33. The molecule has 106 valence electrons. The first kappa shape index (κ1) is 15.5. The zero-order chi connectivity index (χ0) is 14.3. The Balaban J connectivity index is 2.63. The molecular weight excluding hydrogens is 240 g/mol. The highest BCUT2D eigenvalue weighted by Crippen LogP contribution is 2.20. The minimum atomic E-state index is 0.140. The van der Waals surface area contributed by atoms with E-state index in [-0.39, 0.29) is 11.9 Å². The molecule has 0 aliphatic heterocycles. The Bertz CT molecular complexity index is 407. The summed E-state index contributed by atoms with van der Waals surface area (Å²) in [6.45, 7) is 2.60. The highest BCUT2D eigenvalue weighted by atomic mass is 16.5. The molecule has 1 aromatic carbocycles. The molecule has 0 heterocycles. The van der Waals surface area contributed by atoms with Gasteiger partial charge in [-0.3, -0.25) is 4.79 Å². The van der Waals surface area contributed by atoms with E-state index in [0.29, 0.717) is 13.0 Å². The Morgan fingerprint density at radius 3 is 2.74 bits per heavy atom. The molecule has 0 saturated carbocycles. The second kappa shape index (κ2) is 7.79. The molecule has 4 nitrogen and oxygen atoms in total. The average molecular weight is 264 g/mol. The van der Waals surface area contributed by atoms with Crippen molar-refractivity contribution in [3.05, 3.63) is 29.8 Å². The SMILES string of the molecule is COc1ccccc1CC(C)N(C)C(=O)CCCN. The number of benzene rings is 1. The molecule has 19 heavy (non-hydrogen) atoms. The summed E-state index contributed by atoms with van der Waals surface area (Å²) in [6.07, 6.45) is 2.04. The fraction of sp³-hybridized carbons (Fsp3) is 0.533. The maximum absolute atomic E-state index is 11.9. The molecule has 2 N–H and O–H groups in total. The van der Waals surface area contributed by atoms with E-state index in [9.17, 15) is 4.79 Å². The summed E-state index contributed by atoms with van der Waals surface area (Å²) in [7, 11) is 3.51. The van der Waals surface area contributed by atoms with Crippen molar-refractivity contribution in [3.63, 3.8) is 0 Å². The molecule has 1 atom stereocenters. The molecule has 0 aliphatic carbocycles. The Morgan fingerprint density at radius 2 is 2.11 bits per heavy atom. The zero-order valence-corrected chi connectivity index (χ0v) is 12.1. The van der Waals surface area contributed by atoms with E-state index >= 15 is 0 Å². The molecule has 1 amide bonds. The number of nitrogens with zero attached hydrogens (tertiary/aromatic N) is 1. The van der Waals surface area contributed by atoms with E-state index < -0.39 is 0 Å². The van der Waals surface area contributed by atoms with Gasteiger partial charge in [0.05, 0.1) is 7.11 Å². The van der Waals surface area contributed by atoms with Gasteiger partial charge in [0.1, 0.15) is 5.75 Å². The average Bonchev–Trinajstić information content (AvgIpc) is 2.44. The molecule has 0 aromatic heterocycles. The van der Waals surface area contributed by atoms with E-state index in [1.54, 1.807) is 12.0 Å². The van der Waals surface area contributed by atoms with Gasteiger partial charge in [-0.25, -0.2) is 0 Å². The van der Waals surface area contributed by atoms with Gasteiger partial charge < -0.3 is 15.4 Å². The van der Waals surface area contributed by atoms with Crippen LogP contribution in [0.25, 0.3) is 0 Å². The molecule has 4 heteroatoms. The minimum Gasteiger partial charge on any atom is -0.496 e. The third kappa shape index (κ3) is 4.56. The molecule has 0 radical (unpaired) electrons. The molecule has 1 rings (SSSR count). The predicted octanol–water partition coefficient (Wildman–Crippen LogP) is 1.82. The van der Waals surface area contributed by atoms with Gasteiger partial charge in [0, 0.05) is 19.5 Å². The number of methoxy groups -OCH3 is 1. The van der Waals surface area contributed by atoms with Crippen LogP contribution in [-0.2, 0) is 11.2 Å². The van der Waals surface area contributed by atoms with Crippen molar-refractivity contribution in [1.29, 1.82) is 0 Å². The first-order chi connectivity index (χ1) is 9.10. The van der Waals surface area contributed by atoms with Gasteiger partial charge in [-0.2, -0.15) is 0 Å². The van der Waals surface area contributed by atoms with Crippen molar-refractivity contribution in [2.45, 2.75) is 32.2 Å². The maximum Gasteiger partial charge on any atom is 0.222 e. The lowest BCUT2D eigenvalue weighted by molar-refractivity contribution is -0.131. The van der Waals surface area contributed by atoms with Gasteiger partial charge in [-0.15, -0.1) is 0 Å². The standard InChI is InChI=1S/C15H24N2O2/c1-12(17(2)15(18)9-6-10-16)11-13-7-4-5-8-14(13)19-3/h4-5,7-8,12H,6,9-11,16H2,1-3H3. The monoisotopic (exact) mass is 264 g/mol. The largest absolute Gasteiger partial charge is 0.496 e. The maximum atomic E-state index is 11.9. The van der Waals surface area contributed by atoms with Crippen LogP contribution >= 0.6 is 0 Å². The number of hydrogen-bond donors (Lipinski definition) is 1. The highest BCUT2D eigenvalue weighted by molar-refractivity contribution is 5.76. The van der Waals surface area contributed by atoms with Crippen LogP contribution in [0.3, 0.4) is 0 Å². The van der Waals surface area contributed by atoms with E-state index in [1.165, 1.54) is 0 Å². The number of nitrogens with two attached hydrogens (primary N) is 1. The van der Waals surface area contributed by atoms with E-state index in [0.717, 1.165) is 24.2 Å². The van der Waals surface area contributed by atoms with Crippen LogP contribution in [0.15, 0.2) is 24.3 Å². The lowest BCUT2D eigenvalue weighted by atomic mass is 10.0. The van der Waals surface area contributed by atoms with Gasteiger partial charge in [-0.05, 0) is 37.9 Å². The summed E-state index contributed by atoms with van der Waals surface area (Å²) in [5.41, 5.74) is 6.55. The van der Waals surface area contributed by atoms with Crippen LogP contribution in [0.4, 0.5) is 0 Å². The van der Waals surface area contributed by atoms with Crippen LogP contribution in [0.1, 0.15) is 25.3 Å². The van der Waals surface area contributed by atoms with Gasteiger partial charge in [0.15, 0.2) is 0 Å². The lowest BCUT2D eigenvalue weighted by Crippen LogP contribution is -2.36. The second-order valence-corrected chi connectivity index (χ2v) is 4.76. The molecular formula is C15H24N2O2. The van der Waals surface area contributed by atoms with E-state index in [2.05, 4.69) is 0 Å². The van der Waals surface area contributed by atoms with Gasteiger partial charge >= 0.3 is 0 Å². The number of carbonyl (C=O) groups is 1.